The molecule has 1 aromatic carbocycles. The van der Waals surface area contributed by atoms with Crippen LogP contribution in [0.3, 0.4) is 0 Å². The van der Waals surface area contributed by atoms with Crippen LogP contribution in [0.5, 0.6) is 0 Å². The van der Waals surface area contributed by atoms with Crippen molar-refractivity contribution in [3.8, 4) is 0 Å². The molecular weight excluding hydrogens is 248 g/mol. The van der Waals surface area contributed by atoms with Crippen LogP contribution in [-0.2, 0) is 6.42 Å². The number of rotatable bonds is 7. The highest BCUT2D eigenvalue weighted by molar-refractivity contribution is 5.79. The van der Waals surface area contributed by atoms with Gasteiger partial charge in [0, 0.05) is 26.2 Å². The monoisotopic (exact) mass is 276 g/mol. The summed E-state index contributed by atoms with van der Waals surface area (Å²) in [7, 11) is 6.06. The second kappa shape index (κ2) is 9.37. The average molecular weight is 276 g/mol. The number of nitrogens with one attached hydrogen (secondary N) is 2. The molecule has 0 saturated heterocycles. The Kier molecular flexibility index (Phi) is 7.73. The van der Waals surface area contributed by atoms with Crippen molar-refractivity contribution >= 4 is 5.96 Å². The number of aliphatic imine (C=N–C) groups is 1. The van der Waals surface area contributed by atoms with Crippen LogP contribution in [-0.4, -0.2) is 51.1 Å². The summed E-state index contributed by atoms with van der Waals surface area (Å²) < 4.78 is 0. The summed E-state index contributed by atoms with van der Waals surface area (Å²) in [5.41, 5.74) is 1.37. The summed E-state index contributed by atoms with van der Waals surface area (Å²) in [5, 5.41) is 6.70. The second-order valence-electron chi connectivity index (χ2n) is 5.19. The van der Waals surface area contributed by atoms with Gasteiger partial charge in [0.15, 0.2) is 5.96 Å². The van der Waals surface area contributed by atoms with E-state index in [0.29, 0.717) is 6.04 Å². The molecule has 1 rings (SSSR count). The van der Waals surface area contributed by atoms with E-state index >= 15 is 0 Å². The summed E-state index contributed by atoms with van der Waals surface area (Å²) in [6.45, 7) is 3.98. The van der Waals surface area contributed by atoms with Gasteiger partial charge in [-0.15, -0.1) is 0 Å². The van der Waals surface area contributed by atoms with Crippen LogP contribution >= 0.6 is 0 Å². The molecular formula is C16H28N4. The average Bonchev–Trinajstić information content (AvgIpc) is 2.47. The van der Waals surface area contributed by atoms with Gasteiger partial charge in [-0.1, -0.05) is 37.3 Å². The minimum Gasteiger partial charge on any atom is -0.356 e. The molecule has 0 fully saturated rings. The van der Waals surface area contributed by atoms with Gasteiger partial charge in [-0.2, -0.15) is 0 Å². The third-order valence-corrected chi connectivity index (χ3v) is 3.32. The van der Waals surface area contributed by atoms with Crippen LogP contribution in [0.25, 0.3) is 0 Å². The number of guanidine groups is 1. The van der Waals surface area contributed by atoms with Crippen molar-refractivity contribution in [2.24, 2.45) is 4.99 Å². The van der Waals surface area contributed by atoms with Crippen molar-refractivity contribution < 1.29 is 0 Å². The summed E-state index contributed by atoms with van der Waals surface area (Å²) in [4.78, 5) is 6.50. The van der Waals surface area contributed by atoms with E-state index in [1.54, 1.807) is 0 Å². The highest BCUT2D eigenvalue weighted by Gasteiger charge is 2.12. The Morgan fingerprint density at radius 1 is 1.20 bits per heavy atom. The summed E-state index contributed by atoms with van der Waals surface area (Å²) in [6, 6.07) is 11.1. The Morgan fingerprint density at radius 3 is 2.45 bits per heavy atom. The predicted molar refractivity (Wildman–Crippen MR) is 87.3 cm³/mol. The normalized spacial score (nSPS) is 13.3. The molecule has 0 aromatic heterocycles. The van der Waals surface area contributed by atoms with Gasteiger partial charge in [0.2, 0.25) is 0 Å². The third kappa shape index (κ3) is 6.06. The minimum absolute atomic E-state index is 0.442. The Labute approximate surface area is 123 Å². The molecule has 0 radical (unpaired) electrons. The van der Waals surface area contributed by atoms with Crippen LogP contribution in [0.15, 0.2) is 35.3 Å². The lowest BCUT2D eigenvalue weighted by Crippen LogP contribution is -2.46. The molecule has 112 valence electrons. The Hall–Kier alpha value is -1.55. The van der Waals surface area contributed by atoms with Gasteiger partial charge in [-0.3, -0.25) is 4.99 Å². The van der Waals surface area contributed by atoms with Gasteiger partial charge in [-0.25, -0.2) is 0 Å². The molecule has 4 heteroatoms. The molecule has 0 aliphatic heterocycles. The van der Waals surface area contributed by atoms with E-state index in [9.17, 15) is 0 Å². The Bertz CT molecular complexity index is 387. The number of likely N-dealkylation sites (N-methyl/N-ethyl adjacent to an activating group) is 1. The van der Waals surface area contributed by atoms with Crippen molar-refractivity contribution in [2.75, 3.05) is 34.2 Å². The lowest BCUT2D eigenvalue weighted by Gasteiger charge is -2.25. The zero-order chi connectivity index (χ0) is 14.8. The fourth-order valence-corrected chi connectivity index (χ4v) is 2.00. The van der Waals surface area contributed by atoms with E-state index in [4.69, 9.17) is 0 Å². The quantitative estimate of drug-likeness (QED) is 0.588. The van der Waals surface area contributed by atoms with E-state index < -0.39 is 0 Å². The summed E-state index contributed by atoms with van der Waals surface area (Å²) >= 11 is 0. The molecule has 4 nitrogen and oxygen atoms in total. The number of nitrogens with zero attached hydrogens (tertiary/aromatic N) is 2. The van der Waals surface area contributed by atoms with Gasteiger partial charge in [0.1, 0.15) is 0 Å². The first-order valence-electron chi connectivity index (χ1n) is 7.32. The van der Waals surface area contributed by atoms with Gasteiger partial charge in [0.05, 0.1) is 0 Å². The largest absolute Gasteiger partial charge is 0.356 e. The maximum Gasteiger partial charge on any atom is 0.191 e. The first-order valence-corrected chi connectivity index (χ1v) is 7.32. The van der Waals surface area contributed by atoms with Crippen molar-refractivity contribution in [1.29, 1.82) is 0 Å². The molecule has 1 aromatic rings. The van der Waals surface area contributed by atoms with Crippen molar-refractivity contribution in [3.05, 3.63) is 35.9 Å². The van der Waals surface area contributed by atoms with Crippen LogP contribution in [0.1, 0.15) is 18.9 Å². The molecule has 20 heavy (non-hydrogen) atoms. The van der Waals surface area contributed by atoms with Crippen LogP contribution in [0.2, 0.25) is 0 Å². The first kappa shape index (κ1) is 16.5. The van der Waals surface area contributed by atoms with Crippen LogP contribution in [0, 0.1) is 0 Å². The fourth-order valence-electron chi connectivity index (χ4n) is 2.00. The van der Waals surface area contributed by atoms with Crippen molar-refractivity contribution in [3.63, 3.8) is 0 Å². The Morgan fingerprint density at radius 2 is 1.90 bits per heavy atom. The topological polar surface area (TPSA) is 39.7 Å². The molecule has 1 unspecified atom stereocenters. The van der Waals surface area contributed by atoms with E-state index in [1.165, 1.54) is 5.56 Å². The zero-order valence-electron chi connectivity index (χ0n) is 13.2. The maximum absolute atomic E-state index is 4.24. The summed E-state index contributed by atoms with van der Waals surface area (Å²) in [6.07, 6.45) is 2.13. The number of hydrogen-bond donors (Lipinski definition) is 2. The highest BCUT2D eigenvalue weighted by atomic mass is 15.2. The number of hydrogen-bond acceptors (Lipinski definition) is 2. The smallest absolute Gasteiger partial charge is 0.191 e. The molecule has 1 atom stereocenters. The molecule has 0 amide bonds. The van der Waals surface area contributed by atoms with E-state index in [0.717, 1.165) is 31.9 Å². The molecule has 0 saturated carbocycles. The standard InChI is InChI=1S/C16H28N4/c1-5-11-18-16(17-2)19-13-15(20(3)4)12-14-9-7-6-8-10-14/h6-10,15H,5,11-13H2,1-4H3,(H2,17,18,19). The second-order valence-corrected chi connectivity index (χ2v) is 5.19. The summed E-state index contributed by atoms with van der Waals surface area (Å²) in [5.74, 6) is 0.881. The first-order chi connectivity index (χ1) is 9.67. The lowest BCUT2D eigenvalue weighted by atomic mass is 10.1. The SMILES string of the molecule is CCCNC(=NC)NCC(Cc1ccccc1)N(C)C. The van der Waals surface area contributed by atoms with Gasteiger partial charge >= 0.3 is 0 Å². The molecule has 0 heterocycles. The predicted octanol–water partition coefficient (Wildman–Crippen LogP) is 1.73. The molecule has 0 bridgehead atoms. The highest BCUT2D eigenvalue weighted by Crippen LogP contribution is 2.06. The maximum atomic E-state index is 4.24. The van der Waals surface area contributed by atoms with Crippen LogP contribution < -0.4 is 10.6 Å². The third-order valence-electron chi connectivity index (χ3n) is 3.32. The van der Waals surface area contributed by atoms with Crippen molar-refractivity contribution in [1.82, 2.24) is 15.5 Å². The fraction of sp³-hybridized carbons (Fsp3) is 0.562. The van der Waals surface area contributed by atoms with E-state index in [-0.39, 0.29) is 0 Å². The molecule has 0 aliphatic carbocycles. The van der Waals surface area contributed by atoms with Gasteiger partial charge in [0.25, 0.3) is 0 Å². The lowest BCUT2D eigenvalue weighted by molar-refractivity contribution is 0.290. The minimum atomic E-state index is 0.442. The van der Waals surface area contributed by atoms with E-state index in [1.807, 2.05) is 7.05 Å². The van der Waals surface area contributed by atoms with Crippen molar-refractivity contribution in [2.45, 2.75) is 25.8 Å². The number of benzene rings is 1. The van der Waals surface area contributed by atoms with E-state index in [2.05, 4.69) is 71.9 Å². The van der Waals surface area contributed by atoms with Crippen LogP contribution in [0.4, 0.5) is 0 Å². The zero-order valence-corrected chi connectivity index (χ0v) is 13.2. The van der Waals surface area contributed by atoms with Gasteiger partial charge < -0.3 is 15.5 Å². The van der Waals surface area contributed by atoms with Gasteiger partial charge in [-0.05, 0) is 32.5 Å². The molecule has 0 aliphatic rings. The molecule has 2 N–H and O–H groups in total. The molecule has 0 spiro atoms. The Balaban J connectivity index is 2.51.